The second-order valence-corrected chi connectivity index (χ2v) is 7.53. The Balaban J connectivity index is 1.44. The normalized spacial score (nSPS) is 10.7. The van der Waals surface area contributed by atoms with E-state index in [2.05, 4.69) is 10.5 Å². The number of benzene rings is 2. The first-order valence-electron chi connectivity index (χ1n) is 9.93. The van der Waals surface area contributed by atoms with Gasteiger partial charge >= 0.3 is 0 Å². The lowest BCUT2D eigenvalue weighted by atomic mass is 10.2. The fourth-order valence-corrected chi connectivity index (χ4v) is 3.37. The SMILES string of the molecule is O=C(NCc1cccc(Cl)c1)c1cc(CN(Cc2ccco2)C(=O)c2ccccc2)on1. The number of nitrogens with one attached hydrogen (secondary N) is 1. The number of carbonyl (C=O) groups excluding carboxylic acids is 2. The van der Waals surface area contributed by atoms with E-state index in [4.69, 9.17) is 20.5 Å². The summed E-state index contributed by atoms with van der Waals surface area (Å²) >= 11 is 5.97. The molecule has 162 valence electrons. The maximum Gasteiger partial charge on any atom is 0.273 e. The van der Waals surface area contributed by atoms with E-state index < -0.39 is 0 Å². The molecule has 1 N–H and O–H groups in total. The molecule has 7 nitrogen and oxygen atoms in total. The van der Waals surface area contributed by atoms with E-state index in [1.54, 1.807) is 59.7 Å². The second-order valence-electron chi connectivity index (χ2n) is 7.10. The van der Waals surface area contributed by atoms with Crippen LogP contribution in [0.25, 0.3) is 0 Å². The van der Waals surface area contributed by atoms with Crippen LogP contribution in [0.3, 0.4) is 0 Å². The van der Waals surface area contributed by atoms with Gasteiger partial charge < -0.3 is 19.2 Å². The predicted molar refractivity (Wildman–Crippen MR) is 118 cm³/mol. The summed E-state index contributed by atoms with van der Waals surface area (Å²) in [5, 5.41) is 7.23. The van der Waals surface area contributed by atoms with Gasteiger partial charge in [0.15, 0.2) is 11.5 Å². The van der Waals surface area contributed by atoms with Gasteiger partial charge in [-0.25, -0.2) is 0 Å². The van der Waals surface area contributed by atoms with Crippen molar-refractivity contribution in [3.8, 4) is 0 Å². The highest BCUT2D eigenvalue weighted by atomic mass is 35.5. The van der Waals surface area contributed by atoms with Gasteiger partial charge in [0.2, 0.25) is 0 Å². The van der Waals surface area contributed by atoms with Crippen molar-refractivity contribution < 1.29 is 18.5 Å². The fraction of sp³-hybridized carbons (Fsp3) is 0.125. The van der Waals surface area contributed by atoms with E-state index in [9.17, 15) is 9.59 Å². The molecule has 8 heteroatoms. The average molecular weight is 450 g/mol. The molecule has 0 saturated heterocycles. The lowest BCUT2D eigenvalue weighted by molar-refractivity contribution is 0.0700. The molecule has 0 aliphatic carbocycles. The van der Waals surface area contributed by atoms with Crippen LogP contribution in [0.15, 0.2) is 88.0 Å². The van der Waals surface area contributed by atoms with Crippen LogP contribution in [0.2, 0.25) is 5.02 Å². The zero-order valence-corrected chi connectivity index (χ0v) is 17.8. The molecule has 2 amide bonds. The van der Waals surface area contributed by atoms with E-state index in [-0.39, 0.29) is 30.6 Å². The number of amides is 2. The van der Waals surface area contributed by atoms with E-state index in [0.717, 1.165) is 5.56 Å². The zero-order chi connectivity index (χ0) is 22.3. The number of carbonyl (C=O) groups is 2. The van der Waals surface area contributed by atoms with Crippen LogP contribution in [0.4, 0.5) is 0 Å². The summed E-state index contributed by atoms with van der Waals surface area (Å²) in [5.41, 5.74) is 1.54. The van der Waals surface area contributed by atoms with Crippen LogP contribution in [-0.2, 0) is 19.6 Å². The van der Waals surface area contributed by atoms with Crippen molar-refractivity contribution in [2.24, 2.45) is 0 Å². The molecule has 0 aliphatic rings. The van der Waals surface area contributed by atoms with Gasteiger partial charge in [-0.05, 0) is 42.0 Å². The molecule has 4 rings (SSSR count). The third kappa shape index (κ3) is 5.44. The predicted octanol–water partition coefficient (Wildman–Crippen LogP) is 4.69. The van der Waals surface area contributed by atoms with Crippen LogP contribution in [0, 0.1) is 0 Å². The van der Waals surface area contributed by atoms with Crippen LogP contribution >= 0.6 is 11.6 Å². The monoisotopic (exact) mass is 449 g/mol. The second kappa shape index (κ2) is 9.98. The Morgan fingerprint density at radius 1 is 0.938 bits per heavy atom. The fourth-order valence-electron chi connectivity index (χ4n) is 3.16. The molecule has 0 saturated carbocycles. The van der Waals surface area contributed by atoms with Crippen molar-refractivity contribution in [2.45, 2.75) is 19.6 Å². The van der Waals surface area contributed by atoms with Gasteiger partial charge in [-0.1, -0.05) is 47.1 Å². The molecular formula is C24H20ClN3O4. The Morgan fingerprint density at radius 2 is 1.75 bits per heavy atom. The van der Waals surface area contributed by atoms with Gasteiger partial charge in [0, 0.05) is 23.2 Å². The lowest BCUT2D eigenvalue weighted by Gasteiger charge is -2.20. The summed E-state index contributed by atoms with van der Waals surface area (Å²) in [6.45, 7) is 0.680. The van der Waals surface area contributed by atoms with Gasteiger partial charge in [0.05, 0.1) is 19.4 Å². The standard InChI is InChI=1S/C24H20ClN3O4/c25-19-9-4-6-17(12-19)14-26-23(29)22-13-21(32-27-22)16-28(15-20-10-5-11-31-20)24(30)18-7-2-1-3-8-18/h1-13H,14-16H2,(H,26,29). The van der Waals surface area contributed by atoms with Gasteiger partial charge in [-0.2, -0.15) is 0 Å². The average Bonchev–Trinajstić information content (AvgIpc) is 3.50. The van der Waals surface area contributed by atoms with Crippen molar-refractivity contribution in [3.63, 3.8) is 0 Å². The summed E-state index contributed by atoms with van der Waals surface area (Å²) in [7, 11) is 0. The number of hydrogen-bond donors (Lipinski definition) is 1. The third-order valence-corrected chi connectivity index (χ3v) is 4.95. The van der Waals surface area contributed by atoms with Gasteiger partial charge in [-0.15, -0.1) is 0 Å². The zero-order valence-electron chi connectivity index (χ0n) is 17.0. The lowest BCUT2D eigenvalue weighted by Crippen LogP contribution is -2.29. The van der Waals surface area contributed by atoms with Crippen molar-refractivity contribution in [3.05, 3.63) is 112 Å². The molecule has 0 unspecified atom stereocenters. The van der Waals surface area contributed by atoms with E-state index in [1.165, 1.54) is 6.07 Å². The molecule has 0 spiro atoms. The maximum atomic E-state index is 13.0. The smallest absolute Gasteiger partial charge is 0.273 e. The van der Waals surface area contributed by atoms with Crippen molar-refractivity contribution in [1.29, 1.82) is 0 Å². The minimum Gasteiger partial charge on any atom is -0.467 e. The number of hydrogen-bond acceptors (Lipinski definition) is 5. The van der Waals surface area contributed by atoms with E-state index in [0.29, 0.717) is 28.7 Å². The van der Waals surface area contributed by atoms with E-state index in [1.807, 2.05) is 18.2 Å². The Morgan fingerprint density at radius 3 is 2.50 bits per heavy atom. The Bertz CT molecular complexity index is 1190. The van der Waals surface area contributed by atoms with Gasteiger partial charge in [0.25, 0.3) is 11.8 Å². The first-order chi connectivity index (χ1) is 15.6. The summed E-state index contributed by atoms with van der Waals surface area (Å²) in [5.74, 6) is 0.444. The summed E-state index contributed by atoms with van der Waals surface area (Å²) < 4.78 is 10.7. The molecule has 4 aromatic rings. The van der Waals surface area contributed by atoms with Gasteiger partial charge in [-0.3, -0.25) is 9.59 Å². The Kier molecular flexibility index (Phi) is 6.67. The van der Waals surface area contributed by atoms with Crippen molar-refractivity contribution >= 4 is 23.4 Å². The minimum atomic E-state index is -0.382. The molecule has 32 heavy (non-hydrogen) atoms. The van der Waals surface area contributed by atoms with Crippen LogP contribution in [-0.4, -0.2) is 21.9 Å². The molecule has 0 fully saturated rings. The Hall–Kier alpha value is -3.84. The van der Waals surface area contributed by atoms with Crippen molar-refractivity contribution in [2.75, 3.05) is 0 Å². The third-order valence-electron chi connectivity index (χ3n) is 4.72. The highest BCUT2D eigenvalue weighted by Gasteiger charge is 2.21. The van der Waals surface area contributed by atoms with Crippen LogP contribution < -0.4 is 5.32 Å². The summed E-state index contributed by atoms with van der Waals surface area (Å²) in [6, 6.07) is 21.2. The quantitative estimate of drug-likeness (QED) is 0.421. The highest BCUT2D eigenvalue weighted by Crippen LogP contribution is 2.16. The molecule has 2 heterocycles. The highest BCUT2D eigenvalue weighted by molar-refractivity contribution is 6.30. The molecule has 0 aliphatic heterocycles. The first kappa shape index (κ1) is 21.4. The maximum absolute atomic E-state index is 13.0. The topological polar surface area (TPSA) is 88.6 Å². The number of aromatic nitrogens is 1. The molecule has 2 aromatic carbocycles. The van der Waals surface area contributed by atoms with Crippen LogP contribution in [0.5, 0.6) is 0 Å². The summed E-state index contributed by atoms with van der Waals surface area (Å²) in [6.07, 6.45) is 1.55. The number of furan rings is 1. The minimum absolute atomic E-state index is 0.128. The molecule has 0 atom stereocenters. The van der Waals surface area contributed by atoms with Gasteiger partial charge in [0.1, 0.15) is 5.76 Å². The number of rotatable bonds is 8. The molecule has 0 bridgehead atoms. The van der Waals surface area contributed by atoms with E-state index >= 15 is 0 Å². The van der Waals surface area contributed by atoms with Crippen LogP contribution in [0.1, 0.15) is 37.9 Å². The molecule has 2 aromatic heterocycles. The molecule has 0 radical (unpaired) electrons. The largest absolute Gasteiger partial charge is 0.467 e. The summed E-state index contributed by atoms with van der Waals surface area (Å²) in [4.78, 5) is 27.1. The Labute approximate surface area is 189 Å². The number of halogens is 1. The first-order valence-corrected chi connectivity index (χ1v) is 10.3. The number of nitrogens with zero attached hydrogens (tertiary/aromatic N) is 2. The van der Waals surface area contributed by atoms with Crippen molar-refractivity contribution in [1.82, 2.24) is 15.4 Å². The molecular weight excluding hydrogens is 430 g/mol.